The van der Waals surface area contributed by atoms with Gasteiger partial charge in [-0.05, 0) is 13.0 Å². The van der Waals surface area contributed by atoms with E-state index < -0.39 is 17.8 Å². The second kappa shape index (κ2) is 11.0. The standard InChI is InChI=1S/C24H39N7O3SSi/c1-7-35(32,8-2)28-21-15-23(30-11-12-33-17-19(30)3)26-24-20(21)16-25-31(24)22-9-10-29(27-22)18-34-13-14-36(4,5)6/h9-10,15-16,19H,7-8,11-14,17-18H2,1-6H3/t19-/m1/s1. The van der Waals surface area contributed by atoms with Gasteiger partial charge in [0, 0.05) is 51.1 Å². The average molecular weight is 534 g/mol. The zero-order valence-electron chi connectivity index (χ0n) is 22.3. The molecular weight excluding hydrogens is 494 g/mol. The van der Waals surface area contributed by atoms with E-state index >= 15 is 0 Å². The predicted molar refractivity (Wildman–Crippen MR) is 148 cm³/mol. The Hall–Kier alpha value is -2.28. The molecule has 1 aliphatic rings. The Balaban J connectivity index is 1.71. The van der Waals surface area contributed by atoms with Crippen LogP contribution < -0.4 is 4.90 Å². The van der Waals surface area contributed by atoms with Gasteiger partial charge in [-0.25, -0.2) is 13.9 Å². The number of nitrogens with zero attached hydrogens (tertiary/aromatic N) is 7. The van der Waals surface area contributed by atoms with E-state index in [-0.39, 0.29) is 6.04 Å². The Bertz CT molecular complexity index is 1300. The van der Waals surface area contributed by atoms with Crippen LogP contribution in [0.5, 0.6) is 0 Å². The second-order valence-corrected chi connectivity index (χ2v) is 18.9. The van der Waals surface area contributed by atoms with Crippen LogP contribution in [-0.2, 0) is 25.9 Å². The predicted octanol–water partition coefficient (Wildman–Crippen LogP) is 4.29. The van der Waals surface area contributed by atoms with Crippen molar-refractivity contribution in [1.82, 2.24) is 24.5 Å². The van der Waals surface area contributed by atoms with Crippen LogP contribution in [0.25, 0.3) is 16.9 Å². The number of anilines is 1. The summed E-state index contributed by atoms with van der Waals surface area (Å²) in [6.07, 6.45) is 3.62. The first-order chi connectivity index (χ1) is 17.1. The minimum Gasteiger partial charge on any atom is -0.377 e. The summed E-state index contributed by atoms with van der Waals surface area (Å²) in [4.78, 5) is 7.19. The number of ether oxygens (including phenoxy) is 2. The van der Waals surface area contributed by atoms with E-state index in [0.717, 1.165) is 30.4 Å². The van der Waals surface area contributed by atoms with Crippen LogP contribution in [0.4, 0.5) is 11.5 Å². The van der Waals surface area contributed by atoms with Crippen molar-refractivity contribution in [2.75, 3.05) is 42.8 Å². The maximum absolute atomic E-state index is 13.3. The van der Waals surface area contributed by atoms with Gasteiger partial charge in [-0.2, -0.15) is 19.2 Å². The van der Waals surface area contributed by atoms with E-state index in [1.807, 2.05) is 32.2 Å². The summed E-state index contributed by atoms with van der Waals surface area (Å²) < 4.78 is 33.0. The maximum atomic E-state index is 13.3. The molecule has 0 unspecified atom stereocenters. The molecule has 1 aliphatic heterocycles. The van der Waals surface area contributed by atoms with E-state index in [2.05, 4.69) is 41.7 Å². The first kappa shape index (κ1) is 26.8. The first-order valence-corrected chi connectivity index (χ1v) is 18.3. The monoisotopic (exact) mass is 533 g/mol. The number of hydrogen-bond donors (Lipinski definition) is 0. The largest absolute Gasteiger partial charge is 0.377 e. The summed E-state index contributed by atoms with van der Waals surface area (Å²) in [6, 6.07) is 5.12. The number of morpholine rings is 1. The minimum atomic E-state index is -2.36. The lowest BCUT2D eigenvalue weighted by atomic mass is 10.2. The van der Waals surface area contributed by atoms with Crippen molar-refractivity contribution in [3.05, 3.63) is 24.5 Å². The van der Waals surface area contributed by atoms with E-state index in [1.165, 1.54) is 0 Å². The lowest BCUT2D eigenvalue weighted by molar-refractivity contribution is 0.0785. The van der Waals surface area contributed by atoms with Crippen LogP contribution in [-0.4, -0.2) is 80.7 Å². The number of hydrogen-bond acceptors (Lipinski definition) is 8. The normalized spacial score (nSPS) is 17.2. The molecule has 36 heavy (non-hydrogen) atoms. The Morgan fingerprint density at radius 3 is 2.72 bits per heavy atom. The maximum Gasteiger partial charge on any atom is 0.177 e. The lowest BCUT2D eigenvalue weighted by Crippen LogP contribution is -2.44. The van der Waals surface area contributed by atoms with Crippen LogP contribution in [0.3, 0.4) is 0 Å². The molecule has 0 spiro atoms. The van der Waals surface area contributed by atoms with Crippen molar-refractivity contribution < 1.29 is 13.7 Å². The Kier molecular flexibility index (Phi) is 8.17. The van der Waals surface area contributed by atoms with Gasteiger partial charge in [0.1, 0.15) is 12.5 Å². The molecule has 1 atom stereocenters. The van der Waals surface area contributed by atoms with Gasteiger partial charge in [-0.3, -0.25) is 0 Å². The summed E-state index contributed by atoms with van der Waals surface area (Å²) in [6.45, 7) is 16.1. The van der Waals surface area contributed by atoms with E-state index in [0.29, 0.717) is 48.6 Å². The zero-order valence-corrected chi connectivity index (χ0v) is 24.1. The molecule has 12 heteroatoms. The summed E-state index contributed by atoms with van der Waals surface area (Å²) >= 11 is 0. The van der Waals surface area contributed by atoms with Gasteiger partial charge in [-0.15, -0.1) is 0 Å². The third-order valence-electron chi connectivity index (χ3n) is 6.40. The molecule has 1 saturated heterocycles. The summed E-state index contributed by atoms with van der Waals surface area (Å²) in [7, 11) is -3.50. The zero-order chi connectivity index (χ0) is 25.9. The van der Waals surface area contributed by atoms with E-state index in [4.69, 9.17) is 18.8 Å². The minimum absolute atomic E-state index is 0.169. The molecule has 0 saturated carbocycles. The molecule has 1 fully saturated rings. The van der Waals surface area contributed by atoms with Gasteiger partial charge in [0.05, 0.1) is 46.3 Å². The highest BCUT2D eigenvalue weighted by atomic mass is 32.2. The van der Waals surface area contributed by atoms with Crippen molar-refractivity contribution in [3.63, 3.8) is 0 Å². The summed E-state index contributed by atoms with van der Waals surface area (Å²) in [5.41, 5.74) is 1.30. The molecular formula is C24H39N7O3SSi. The van der Waals surface area contributed by atoms with Crippen LogP contribution >= 0.6 is 0 Å². The van der Waals surface area contributed by atoms with E-state index in [1.54, 1.807) is 15.6 Å². The molecule has 4 heterocycles. The summed E-state index contributed by atoms with van der Waals surface area (Å²) in [5.74, 6) is 2.41. The van der Waals surface area contributed by atoms with E-state index in [9.17, 15) is 4.21 Å². The van der Waals surface area contributed by atoms with Crippen LogP contribution in [0.2, 0.25) is 25.7 Å². The molecule has 4 rings (SSSR count). The highest BCUT2D eigenvalue weighted by Gasteiger charge is 2.24. The van der Waals surface area contributed by atoms with Gasteiger partial charge in [0.2, 0.25) is 0 Å². The molecule has 3 aromatic heterocycles. The quantitative estimate of drug-likeness (QED) is 0.283. The number of fused-ring (bicyclic) bond motifs is 1. The number of rotatable bonds is 10. The molecule has 0 radical (unpaired) electrons. The Morgan fingerprint density at radius 1 is 1.25 bits per heavy atom. The molecule has 0 aliphatic carbocycles. The SMILES string of the molecule is CCS(=O)(CC)=Nc1cc(N2CCOC[C@H]2C)nc2c1cnn2-c1ccn(COCC[Si](C)(C)C)n1. The van der Waals surface area contributed by atoms with Crippen molar-refractivity contribution in [2.24, 2.45) is 4.36 Å². The third kappa shape index (κ3) is 6.16. The fraction of sp³-hybridized carbons (Fsp3) is 0.625. The molecule has 0 N–H and O–H groups in total. The smallest absolute Gasteiger partial charge is 0.177 e. The fourth-order valence-corrected chi connectivity index (χ4v) is 5.95. The van der Waals surface area contributed by atoms with Gasteiger partial charge >= 0.3 is 0 Å². The van der Waals surface area contributed by atoms with Crippen molar-refractivity contribution in [1.29, 1.82) is 0 Å². The second-order valence-electron chi connectivity index (χ2n) is 10.4. The number of aromatic nitrogens is 5. The van der Waals surface area contributed by atoms with Crippen LogP contribution in [0.15, 0.2) is 28.9 Å². The highest BCUT2D eigenvalue weighted by molar-refractivity contribution is 7.93. The average Bonchev–Trinajstić information content (AvgIpc) is 3.48. The van der Waals surface area contributed by atoms with Gasteiger partial charge < -0.3 is 14.4 Å². The van der Waals surface area contributed by atoms with Crippen molar-refractivity contribution in [2.45, 2.75) is 59.2 Å². The first-order valence-electron chi connectivity index (χ1n) is 12.7. The van der Waals surface area contributed by atoms with Crippen LogP contribution in [0, 0.1) is 0 Å². The third-order valence-corrected chi connectivity index (χ3v) is 10.4. The molecule has 0 bridgehead atoms. The highest BCUT2D eigenvalue weighted by Crippen LogP contribution is 2.33. The van der Waals surface area contributed by atoms with Gasteiger partial charge in [-0.1, -0.05) is 33.5 Å². The van der Waals surface area contributed by atoms with Crippen molar-refractivity contribution in [3.8, 4) is 5.82 Å². The molecule has 3 aromatic rings. The molecule has 0 amide bonds. The van der Waals surface area contributed by atoms with Gasteiger partial charge in [0.25, 0.3) is 0 Å². The number of pyridine rings is 1. The Morgan fingerprint density at radius 2 is 2.03 bits per heavy atom. The van der Waals surface area contributed by atoms with Gasteiger partial charge in [0.15, 0.2) is 11.5 Å². The fourth-order valence-electron chi connectivity index (χ4n) is 4.01. The summed E-state index contributed by atoms with van der Waals surface area (Å²) in [5, 5.41) is 10.0. The van der Waals surface area contributed by atoms with Crippen LogP contribution in [0.1, 0.15) is 20.8 Å². The van der Waals surface area contributed by atoms with Crippen molar-refractivity contribution >= 4 is 40.3 Å². The Labute approximate surface area is 215 Å². The topological polar surface area (TPSA) is 99.7 Å². The molecule has 0 aromatic carbocycles. The lowest BCUT2D eigenvalue weighted by Gasteiger charge is -2.34. The molecule has 198 valence electrons. The molecule has 10 nitrogen and oxygen atoms in total.